The summed E-state index contributed by atoms with van der Waals surface area (Å²) in [6.45, 7) is 0.345. The number of hydrogen-bond acceptors (Lipinski definition) is 5. The SMILES string of the molecule is COc1ccc(CNC(=O)c2ccnc(C(=O)Nc3ccc(C#N)cc3)c2)cc1. The summed E-state index contributed by atoms with van der Waals surface area (Å²) in [5.74, 6) is -0.0118. The molecule has 2 aromatic carbocycles. The molecular formula is C22H18N4O3. The van der Waals surface area contributed by atoms with Crippen molar-refractivity contribution in [1.82, 2.24) is 10.3 Å². The maximum absolute atomic E-state index is 12.4. The zero-order valence-electron chi connectivity index (χ0n) is 15.7. The van der Waals surface area contributed by atoms with Crippen molar-refractivity contribution >= 4 is 17.5 Å². The van der Waals surface area contributed by atoms with E-state index in [1.807, 2.05) is 30.3 Å². The van der Waals surface area contributed by atoms with Gasteiger partial charge in [0.2, 0.25) is 0 Å². The number of nitriles is 1. The molecule has 144 valence electrons. The standard InChI is InChI=1S/C22H18N4O3/c1-29-19-8-4-16(5-9-19)14-25-21(27)17-10-11-24-20(12-17)22(28)26-18-6-2-15(13-23)3-7-18/h2-12H,14H2,1H3,(H,25,27)(H,26,28). The summed E-state index contributed by atoms with van der Waals surface area (Å²) in [4.78, 5) is 28.9. The molecule has 0 aliphatic heterocycles. The van der Waals surface area contributed by atoms with Crippen LogP contribution in [0.25, 0.3) is 0 Å². The second kappa shape index (κ2) is 9.15. The number of anilines is 1. The minimum Gasteiger partial charge on any atom is -0.497 e. The number of rotatable bonds is 6. The molecule has 0 spiro atoms. The Morgan fingerprint density at radius 1 is 1.03 bits per heavy atom. The topological polar surface area (TPSA) is 104 Å². The third kappa shape index (κ3) is 5.17. The summed E-state index contributed by atoms with van der Waals surface area (Å²) in [6, 6.07) is 18.8. The van der Waals surface area contributed by atoms with Gasteiger partial charge in [-0.1, -0.05) is 12.1 Å². The first-order valence-corrected chi connectivity index (χ1v) is 8.78. The summed E-state index contributed by atoms with van der Waals surface area (Å²) in [5, 5.41) is 14.3. The van der Waals surface area contributed by atoms with E-state index in [4.69, 9.17) is 10.00 Å². The van der Waals surface area contributed by atoms with E-state index < -0.39 is 5.91 Å². The molecule has 2 N–H and O–H groups in total. The van der Waals surface area contributed by atoms with E-state index in [1.165, 1.54) is 12.3 Å². The van der Waals surface area contributed by atoms with Crippen molar-refractivity contribution in [3.63, 3.8) is 0 Å². The summed E-state index contributed by atoms with van der Waals surface area (Å²) in [5.41, 5.74) is 2.40. The van der Waals surface area contributed by atoms with Gasteiger partial charge in [0.25, 0.3) is 11.8 Å². The lowest BCUT2D eigenvalue weighted by Crippen LogP contribution is -2.23. The van der Waals surface area contributed by atoms with Crippen LogP contribution < -0.4 is 15.4 Å². The Labute approximate surface area is 168 Å². The molecule has 0 saturated carbocycles. The van der Waals surface area contributed by atoms with Gasteiger partial charge in [-0.2, -0.15) is 5.26 Å². The van der Waals surface area contributed by atoms with Gasteiger partial charge < -0.3 is 15.4 Å². The van der Waals surface area contributed by atoms with E-state index in [2.05, 4.69) is 15.6 Å². The molecule has 2 amide bonds. The van der Waals surface area contributed by atoms with Crippen molar-refractivity contribution in [2.75, 3.05) is 12.4 Å². The van der Waals surface area contributed by atoms with Crippen LogP contribution in [0.4, 0.5) is 5.69 Å². The first-order chi connectivity index (χ1) is 14.1. The van der Waals surface area contributed by atoms with Gasteiger partial charge in [-0.25, -0.2) is 0 Å². The molecule has 0 aliphatic rings. The third-order valence-electron chi connectivity index (χ3n) is 4.14. The number of carbonyl (C=O) groups is 2. The second-order valence-electron chi connectivity index (χ2n) is 6.10. The lowest BCUT2D eigenvalue weighted by atomic mass is 10.1. The minimum absolute atomic E-state index is 0.117. The highest BCUT2D eigenvalue weighted by Crippen LogP contribution is 2.12. The van der Waals surface area contributed by atoms with E-state index in [9.17, 15) is 9.59 Å². The number of nitrogens with one attached hydrogen (secondary N) is 2. The number of hydrogen-bond donors (Lipinski definition) is 2. The molecule has 1 heterocycles. The van der Waals surface area contributed by atoms with Crippen LogP contribution in [0, 0.1) is 11.3 Å². The summed E-state index contributed by atoms with van der Waals surface area (Å²) in [7, 11) is 1.59. The zero-order valence-corrected chi connectivity index (χ0v) is 15.7. The Balaban J connectivity index is 1.63. The molecule has 7 nitrogen and oxygen atoms in total. The average molecular weight is 386 g/mol. The van der Waals surface area contributed by atoms with E-state index in [-0.39, 0.29) is 11.6 Å². The van der Waals surface area contributed by atoms with Crippen LogP contribution in [0.2, 0.25) is 0 Å². The van der Waals surface area contributed by atoms with E-state index >= 15 is 0 Å². The molecule has 0 aliphatic carbocycles. The molecule has 29 heavy (non-hydrogen) atoms. The molecule has 0 bridgehead atoms. The highest BCUT2D eigenvalue weighted by molar-refractivity contribution is 6.04. The third-order valence-corrected chi connectivity index (χ3v) is 4.14. The van der Waals surface area contributed by atoms with Crippen LogP contribution in [0.3, 0.4) is 0 Å². The van der Waals surface area contributed by atoms with Crippen LogP contribution in [0.5, 0.6) is 5.75 Å². The largest absolute Gasteiger partial charge is 0.497 e. The maximum atomic E-state index is 12.4. The van der Waals surface area contributed by atoms with E-state index in [1.54, 1.807) is 37.4 Å². The fraction of sp³-hybridized carbons (Fsp3) is 0.0909. The zero-order chi connectivity index (χ0) is 20.6. The van der Waals surface area contributed by atoms with E-state index in [0.717, 1.165) is 11.3 Å². The molecule has 0 radical (unpaired) electrons. The highest BCUT2D eigenvalue weighted by Gasteiger charge is 2.12. The Kier molecular flexibility index (Phi) is 6.18. The normalized spacial score (nSPS) is 9.93. The molecule has 0 fully saturated rings. The second-order valence-corrected chi connectivity index (χ2v) is 6.10. The number of pyridine rings is 1. The quantitative estimate of drug-likeness (QED) is 0.677. The van der Waals surface area contributed by atoms with Crippen molar-refractivity contribution in [1.29, 1.82) is 5.26 Å². The Morgan fingerprint density at radius 2 is 1.76 bits per heavy atom. The monoisotopic (exact) mass is 386 g/mol. The van der Waals surface area contributed by atoms with Crippen molar-refractivity contribution in [3.8, 4) is 11.8 Å². The van der Waals surface area contributed by atoms with Gasteiger partial charge in [0.1, 0.15) is 11.4 Å². The predicted octanol–water partition coefficient (Wildman–Crippen LogP) is 3.14. The van der Waals surface area contributed by atoms with Crippen LogP contribution >= 0.6 is 0 Å². The summed E-state index contributed by atoms with van der Waals surface area (Å²) < 4.78 is 5.11. The number of aromatic nitrogens is 1. The Hall–Kier alpha value is -4.18. The Morgan fingerprint density at radius 3 is 2.41 bits per heavy atom. The smallest absolute Gasteiger partial charge is 0.274 e. The van der Waals surface area contributed by atoms with Gasteiger partial charge in [-0.05, 0) is 54.1 Å². The van der Waals surface area contributed by atoms with Crippen molar-refractivity contribution in [2.45, 2.75) is 6.54 Å². The van der Waals surface area contributed by atoms with E-state index in [0.29, 0.717) is 23.4 Å². The highest BCUT2D eigenvalue weighted by atomic mass is 16.5. The van der Waals surface area contributed by atoms with Crippen molar-refractivity contribution in [3.05, 3.63) is 89.2 Å². The number of methoxy groups -OCH3 is 1. The average Bonchev–Trinajstić information content (AvgIpc) is 2.78. The first-order valence-electron chi connectivity index (χ1n) is 8.78. The van der Waals surface area contributed by atoms with Crippen LogP contribution in [0.15, 0.2) is 66.9 Å². The first kappa shape index (κ1) is 19.6. The van der Waals surface area contributed by atoms with Gasteiger partial charge in [0, 0.05) is 24.0 Å². The lowest BCUT2D eigenvalue weighted by molar-refractivity contribution is 0.0951. The van der Waals surface area contributed by atoms with Crippen LogP contribution in [-0.2, 0) is 6.54 Å². The van der Waals surface area contributed by atoms with Crippen LogP contribution in [-0.4, -0.2) is 23.9 Å². The molecule has 0 saturated heterocycles. The molecule has 0 unspecified atom stereocenters. The number of ether oxygens (including phenoxy) is 1. The number of carbonyl (C=O) groups excluding carboxylic acids is 2. The fourth-order valence-electron chi connectivity index (χ4n) is 2.55. The lowest BCUT2D eigenvalue weighted by Gasteiger charge is -2.08. The number of amides is 2. The fourth-order valence-corrected chi connectivity index (χ4v) is 2.55. The van der Waals surface area contributed by atoms with Gasteiger partial charge in [-0.3, -0.25) is 14.6 Å². The molecule has 3 rings (SSSR count). The van der Waals surface area contributed by atoms with Crippen LogP contribution in [0.1, 0.15) is 32.0 Å². The molecule has 3 aromatic rings. The minimum atomic E-state index is -0.445. The number of nitrogens with zero attached hydrogens (tertiary/aromatic N) is 2. The maximum Gasteiger partial charge on any atom is 0.274 e. The van der Waals surface area contributed by atoms with Gasteiger partial charge >= 0.3 is 0 Å². The molecule has 0 atom stereocenters. The predicted molar refractivity (Wildman–Crippen MR) is 108 cm³/mol. The van der Waals surface area contributed by atoms with Crippen molar-refractivity contribution < 1.29 is 14.3 Å². The summed E-state index contributed by atoms with van der Waals surface area (Å²) >= 11 is 0. The van der Waals surface area contributed by atoms with Gasteiger partial charge in [0.15, 0.2) is 0 Å². The van der Waals surface area contributed by atoms with Gasteiger partial charge in [-0.15, -0.1) is 0 Å². The van der Waals surface area contributed by atoms with Gasteiger partial charge in [0.05, 0.1) is 18.7 Å². The summed E-state index contributed by atoms with van der Waals surface area (Å²) in [6.07, 6.45) is 1.41. The Bertz CT molecular complexity index is 1050. The number of benzene rings is 2. The molecular weight excluding hydrogens is 368 g/mol. The molecule has 7 heteroatoms. The van der Waals surface area contributed by atoms with Crippen molar-refractivity contribution in [2.24, 2.45) is 0 Å². The molecule has 1 aromatic heterocycles.